The van der Waals surface area contributed by atoms with Gasteiger partial charge < -0.3 is 4.57 Å². The van der Waals surface area contributed by atoms with E-state index in [9.17, 15) is 4.39 Å². The van der Waals surface area contributed by atoms with Crippen molar-refractivity contribution in [2.75, 3.05) is 0 Å². The molecule has 0 bridgehead atoms. The van der Waals surface area contributed by atoms with Crippen LogP contribution >= 0.6 is 0 Å². The first kappa shape index (κ1) is 10.9. The summed E-state index contributed by atoms with van der Waals surface area (Å²) in [5.41, 5.74) is 0.706. The number of aromatic nitrogens is 2. The van der Waals surface area contributed by atoms with E-state index >= 15 is 0 Å². The summed E-state index contributed by atoms with van der Waals surface area (Å²) in [4.78, 5) is 4.27. The second-order valence-corrected chi connectivity index (χ2v) is 3.81. The molecule has 0 unspecified atom stereocenters. The molecule has 0 radical (unpaired) electrons. The van der Waals surface area contributed by atoms with Crippen LogP contribution < -0.4 is 0 Å². The summed E-state index contributed by atoms with van der Waals surface area (Å²) in [6.07, 6.45) is 5.65. The van der Waals surface area contributed by atoms with Crippen LogP contribution in [0.4, 0.5) is 4.39 Å². The Morgan fingerprint density at radius 2 is 2.12 bits per heavy atom. The Balaban J connectivity index is 2.20. The lowest BCUT2D eigenvalue weighted by atomic mass is 10.2. The van der Waals surface area contributed by atoms with Crippen molar-refractivity contribution in [1.29, 1.82) is 0 Å². The molecule has 84 valence electrons. The SMILES string of the molecule is CCCc1nccn1Cc1ccccc1F. The number of rotatable bonds is 4. The maximum atomic E-state index is 13.5. The molecule has 0 fully saturated rings. The summed E-state index contributed by atoms with van der Waals surface area (Å²) in [6, 6.07) is 6.87. The second-order valence-electron chi connectivity index (χ2n) is 3.81. The smallest absolute Gasteiger partial charge is 0.128 e. The monoisotopic (exact) mass is 218 g/mol. The quantitative estimate of drug-likeness (QED) is 0.771. The third-order valence-electron chi connectivity index (χ3n) is 2.57. The molecule has 2 aromatic rings. The van der Waals surface area contributed by atoms with Crippen LogP contribution in [-0.4, -0.2) is 9.55 Å². The highest BCUT2D eigenvalue weighted by Crippen LogP contribution is 2.10. The van der Waals surface area contributed by atoms with Gasteiger partial charge in [0.2, 0.25) is 0 Å². The normalized spacial score (nSPS) is 10.6. The molecule has 0 aliphatic rings. The van der Waals surface area contributed by atoms with Gasteiger partial charge in [-0.3, -0.25) is 0 Å². The lowest BCUT2D eigenvalue weighted by Crippen LogP contribution is -2.05. The van der Waals surface area contributed by atoms with Crippen molar-refractivity contribution in [3.63, 3.8) is 0 Å². The first-order valence-electron chi connectivity index (χ1n) is 5.54. The molecular weight excluding hydrogens is 203 g/mol. The molecule has 0 aliphatic heterocycles. The Kier molecular flexibility index (Phi) is 3.34. The zero-order valence-electron chi connectivity index (χ0n) is 9.36. The Hall–Kier alpha value is -1.64. The Labute approximate surface area is 94.8 Å². The van der Waals surface area contributed by atoms with Crippen LogP contribution in [0.15, 0.2) is 36.7 Å². The van der Waals surface area contributed by atoms with Gasteiger partial charge in [0.15, 0.2) is 0 Å². The van der Waals surface area contributed by atoms with Gasteiger partial charge >= 0.3 is 0 Å². The molecule has 2 nitrogen and oxygen atoms in total. The van der Waals surface area contributed by atoms with Crippen LogP contribution in [-0.2, 0) is 13.0 Å². The number of aryl methyl sites for hydroxylation is 1. The molecule has 1 aromatic carbocycles. The van der Waals surface area contributed by atoms with Gasteiger partial charge in [0.1, 0.15) is 11.6 Å². The fraction of sp³-hybridized carbons (Fsp3) is 0.308. The molecule has 3 heteroatoms. The van der Waals surface area contributed by atoms with Gasteiger partial charge in [-0.2, -0.15) is 0 Å². The Morgan fingerprint density at radius 1 is 1.31 bits per heavy atom. The van der Waals surface area contributed by atoms with Crippen molar-refractivity contribution in [2.24, 2.45) is 0 Å². The van der Waals surface area contributed by atoms with Crippen molar-refractivity contribution in [1.82, 2.24) is 9.55 Å². The number of hydrogen-bond donors (Lipinski definition) is 0. The summed E-state index contributed by atoms with van der Waals surface area (Å²) in [5, 5.41) is 0. The molecule has 0 aliphatic carbocycles. The van der Waals surface area contributed by atoms with Crippen molar-refractivity contribution >= 4 is 0 Å². The molecule has 0 saturated carbocycles. The maximum absolute atomic E-state index is 13.5. The van der Waals surface area contributed by atoms with Crippen molar-refractivity contribution in [3.05, 3.63) is 53.9 Å². The Bertz CT molecular complexity index is 462. The molecular formula is C13H15FN2. The molecule has 0 amide bonds. The van der Waals surface area contributed by atoms with Crippen LogP contribution in [0.25, 0.3) is 0 Å². The van der Waals surface area contributed by atoms with Crippen molar-refractivity contribution < 1.29 is 4.39 Å². The molecule has 1 heterocycles. The average molecular weight is 218 g/mol. The number of benzene rings is 1. The molecule has 0 spiro atoms. The fourth-order valence-corrected chi connectivity index (χ4v) is 1.75. The first-order chi connectivity index (χ1) is 7.81. The molecule has 16 heavy (non-hydrogen) atoms. The highest BCUT2D eigenvalue weighted by Gasteiger charge is 2.05. The summed E-state index contributed by atoms with van der Waals surface area (Å²) in [7, 11) is 0. The molecule has 2 rings (SSSR count). The van der Waals surface area contributed by atoms with E-state index in [-0.39, 0.29) is 5.82 Å². The minimum atomic E-state index is -0.154. The second kappa shape index (κ2) is 4.92. The first-order valence-corrected chi connectivity index (χ1v) is 5.54. The fourth-order valence-electron chi connectivity index (χ4n) is 1.75. The molecule has 0 saturated heterocycles. The third-order valence-corrected chi connectivity index (χ3v) is 2.57. The van der Waals surface area contributed by atoms with Crippen molar-refractivity contribution in [2.45, 2.75) is 26.3 Å². The standard InChI is InChI=1S/C13H15FN2/c1-2-5-13-15-8-9-16(13)10-11-6-3-4-7-12(11)14/h3-4,6-9H,2,5,10H2,1H3. The van der Waals surface area contributed by atoms with Gasteiger partial charge in [0.25, 0.3) is 0 Å². The lowest BCUT2D eigenvalue weighted by molar-refractivity contribution is 0.593. The third kappa shape index (κ3) is 2.30. The van der Waals surface area contributed by atoms with Crippen LogP contribution in [0.3, 0.4) is 0 Å². The van der Waals surface area contributed by atoms with Crippen LogP contribution in [0.5, 0.6) is 0 Å². The van der Waals surface area contributed by atoms with E-state index < -0.39 is 0 Å². The van der Waals surface area contributed by atoms with E-state index in [1.807, 2.05) is 22.9 Å². The summed E-state index contributed by atoms with van der Waals surface area (Å²) < 4.78 is 15.5. The molecule has 0 atom stereocenters. The van der Waals surface area contributed by atoms with Gasteiger partial charge in [-0.15, -0.1) is 0 Å². The number of imidazole rings is 1. The van der Waals surface area contributed by atoms with Crippen LogP contribution in [0, 0.1) is 5.82 Å². The summed E-state index contributed by atoms with van der Waals surface area (Å²) >= 11 is 0. The van der Waals surface area contributed by atoms with Gasteiger partial charge in [-0.05, 0) is 12.5 Å². The number of nitrogens with zero attached hydrogens (tertiary/aromatic N) is 2. The van der Waals surface area contributed by atoms with E-state index in [1.54, 1.807) is 12.3 Å². The zero-order chi connectivity index (χ0) is 11.4. The van der Waals surface area contributed by atoms with Crippen LogP contribution in [0.1, 0.15) is 24.7 Å². The van der Waals surface area contributed by atoms with E-state index in [0.29, 0.717) is 12.1 Å². The van der Waals surface area contributed by atoms with Crippen LogP contribution in [0.2, 0.25) is 0 Å². The minimum Gasteiger partial charge on any atom is -0.330 e. The zero-order valence-corrected chi connectivity index (χ0v) is 9.36. The van der Waals surface area contributed by atoms with E-state index in [2.05, 4.69) is 11.9 Å². The number of hydrogen-bond acceptors (Lipinski definition) is 1. The minimum absolute atomic E-state index is 0.154. The van der Waals surface area contributed by atoms with E-state index in [1.165, 1.54) is 6.07 Å². The van der Waals surface area contributed by atoms with Gasteiger partial charge in [-0.25, -0.2) is 9.37 Å². The van der Waals surface area contributed by atoms with Gasteiger partial charge in [0, 0.05) is 24.4 Å². The summed E-state index contributed by atoms with van der Waals surface area (Å²) in [5.74, 6) is 0.865. The molecule has 0 N–H and O–H groups in total. The van der Waals surface area contributed by atoms with E-state index in [0.717, 1.165) is 18.7 Å². The Morgan fingerprint density at radius 3 is 2.88 bits per heavy atom. The highest BCUT2D eigenvalue weighted by atomic mass is 19.1. The van der Waals surface area contributed by atoms with Gasteiger partial charge in [0.05, 0.1) is 6.54 Å². The van der Waals surface area contributed by atoms with Gasteiger partial charge in [-0.1, -0.05) is 25.1 Å². The highest BCUT2D eigenvalue weighted by molar-refractivity contribution is 5.18. The average Bonchev–Trinajstić information content (AvgIpc) is 2.70. The lowest BCUT2D eigenvalue weighted by Gasteiger charge is -2.07. The number of halogens is 1. The predicted molar refractivity (Wildman–Crippen MR) is 61.7 cm³/mol. The summed E-state index contributed by atoms with van der Waals surface area (Å²) in [6.45, 7) is 2.67. The van der Waals surface area contributed by atoms with E-state index in [4.69, 9.17) is 0 Å². The van der Waals surface area contributed by atoms with Crippen molar-refractivity contribution in [3.8, 4) is 0 Å². The maximum Gasteiger partial charge on any atom is 0.128 e. The molecule has 1 aromatic heterocycles. The topological polar surface area (TPSA) is 17.8 Å². The largest absolute Gasteiger partial charge is 0.330 e. The predicted octanol–water partition coefficient (Wildman–Crippen LogP) is 3.02.